The molecule has 0 amide bonds. The smallest absolute Gasteiger partial charge is 0.343 e. The summed E-state index contributed by atoms with van der Waals surface area (Å²) in [6.07, 6.45) is 11.0. The number of rotatable bonds is 11. The van der Waals surface area contributed by atoms with Gasteiger partial charge in [-0.3, -0.25) is 0 Å². The summed E-state index contributed by atoms with van der Waals surface area (Å²) in [5.74, 6) is 0.00126. The summed E-state index contributed by atoms with van der Waals surface area (Å²) < 4.78 is 24.9. The Hall–Kier alpha value is -2.71. The van der Waals surface area contributed by atoms with Gasteiger partial charge in [0.15, 0.2) is 0 Å². The van der Waals surface area contributed by atoms with Crippen LogP contribution < -0.4 is 4.74 Å². The van der Waals surface area contributed by atoms with Crippen LogP contribution in [0.5, 0.6) is 5.75 Å². The van der Waals surface area contributed by atoms with Crippen molar-refractivity contribution in [3.8, 4) is 11.8 Å². The number of carbonyl (C=O) groups excluding carboxylic acids is 1. The molecule has 0 aromatic heterocycles. The molecule has 1 aliphatic carbocycles. The number of halogens is 1. The van der Waals surface area contributed by atoms with Crippen molar-refractivity contribution < 1.29 is 18.7 Å². The van der Waals surface area contributed by atoms with E-state index in [1.165, 1.54) is 62.6 Å². The van der Waals surface area contributed by atoms with Crippen molar-refractivity contribution in [2.45, 2.75) is 70.6 Å². The molecule has 0 bridgehead atoms. The Kier molecular flexibility index (Phi) is 9.90. The molecule has 3 rings (SSSR count). The monoisotopic (exact) mass is 451 g/mol. The Balaban J connectivity index is 1.41. The third kappa shape index (κ3) is 7.68. The first-order valence-electron chi connectivity index (χ1n) is 12.2. The van der Waals surface area contributed by atoms with Gasteiger partial charge in [0.2, 0.25) is 0 Å². The second-order valence-corrected chi connectivity index (χ2v) is 8.97. The molecule has 2 aromatic rings. The molecule has 0 aliphatic heterocycles. The number of hydrogen-bond acceptors (Lipinski definition) is 4. The molecule has 0 spiro atoms. The van der Waals surface area contributed by atoms with Gasteiger partial charge in [0.1, 0.15) is 17.6 Å². The van der Waals surface area contributed by atoms with Gasteiger partial charge in [-0.05, 0) is 73.8 Å². The molecule has 0 N–H and O–H groups in total. The van der Waals surface area contributed by atoms with Crippen molar-refractivity contribution >= 4 is 5.97 Å². The second kappa shape index (κ2) is 13.1. The van der Waals surface area contributed by atoms with Crippen LogP contribution in [0, 0.1) is 23.1 Å². The van der Waals surface area contributed by atoms with E-state index in [0.29, 0.717) is 17.4 Å². The molecule has 0 unspecified atom stereocenters. The maximum absolute atomic E-state index is 13.7. The first-order valence-corrected chi connectivity index (χ1v) is 12.2. The quantitative estimate of drug-likeness (QED) is 0.206. The fourth-order valence-electron chi connectivity index (χ4n) is 4.43. The molecule has 0 saturated heterocycles. The third-order valence-electron chi connectivity index (χ3n) is 6.48. The summed E-state index contributed by atoms with van der Waals surface area (Å²) >= 11 is 0. The number of nitrogens with zero attached hydrogens (tertiary/aromatic N) is 1. The first-order chi connectivity index (χ1) is 16.1. The third-order valence-corrected chi connectivity index (χ3v) is 6.48. The van der Waals surface area contributed by atoms with Crippen LogP contribution in [0.1, 0.15) is 92.1 Å². The lowest BCUT2D eigenvalue weighted by Gasteiger charge is -2.28. The topological polar surface area (TPSA) is 59.3 Å². The average molecular weight is 452 g/mol. The SMILES string of the molecule is CCCCCCCOCC1CCC(c2ccc(C(=O)Oc3ccc(C#N)c(F)c3)cc2)CC1. The van der Waals surface area contributed by atoms with E-state index in [2.05, 4.69) is 6.92 Å². The van der Waals surface area contributed by atoms with Gasteiger partial charge in [0, 0.05) is 19.3 Å². The molecular weight excluding hydrogens is 417 g/mol. The number of nitriles is 1. The Bertz CT molecular complexity index is 927. The summed E-state index contributed by atoms with van der Waals surface area (Å²) in [5, 5.41) is 8.79. The minimum atomic E-state index is -0.703. The number of unbranched alkanes of at least 4 members (excludes halogenated alkanes) is 4. The van der Waals surface area contributed by atoms with E-state index in [4.69, 9.17) is 14.7 Å². The molecular formula is C28H34FNO3. The highest BCUT2D eigenvalue weighted by Crippen LogP contribution is 2.36. The predicted octanol–water partition coefficient (Wildman–Crippen LogP) is 7.18. The maximum Gasteiger partial charge on any atom is 0.343 e. The van der Waals surface area contributed by atoms with Gasteiger partial charge in [0.05, 0.1) is 11.1 Å². The normalized spacial score (nSPS) is 18.0. The largest absolute Gasteiger partial charge is 0.423 e. The molecule has 1 aliphatic rings. The zero-order valence-electron chi connectivity index (χ0n) is 19.5. The van der Waals surface area contributed by atoms with Crippen molar-refractivity contribution in [1.29, 1.82) is 5.26 Å². The highest BCUT2D eigenvalue weighted by molar-refractivity contribution is 5.91. The van der Waals surface area contributed by atoms with Crippen LogP contribution in [0.25, 0.3) is 0 Å². The molecule has 0 radical (unpaired) electrons. The van der Waals surface area contributed by atoms with Crippen molar-refractivity contribution in [1.82, 2.24) is 0 Å². The van der Waals surface area contributed by atoms with Gasteiger partial charge in [-0.2, -0.15) is 5.26 Å². The van der Waals surface area contributed by atoms with Gasteiger partial charge in [0.25, 0.3) is 0 Å². The van der Waals surface area contributed by atoms with E-state index in [1.807, 2.05) is 12.1 Å². The van der Waals surface area contributed by atoms with Crippen LogP contribution in [0.3, 0.4) is 0 Å². The zero-order chi connectivity index (χ0) is 23.5. The van der Waals surface area contributed by atoms with Gasteiger partial charge < -0.3 is 9.47 Å². The van der Waals surface area contributed by atoms with Crippen LogP contribution in [0.2, 0.25) is 0 Å². The van der Waals surface area contributed by atoms with Crippen LogP contribution in [-0.2, 0) is 4.74 Å². The molecule has 1 saturated carbocycles. The minimum Gasteiger partial charge on any atom is -0.423 e. The highest BCUT2D eigenvalue weighted by atomic mass is 19.1. The van der Waals surface area contributed by atoms with Crippen LogP contribution >= 0.6 is 0 Å². The molecule has 33 heavy (non-hydrogen) atoms. The molecule has 4 nitrogen and oxygen atoms in total. The lowest BCUT2D eigenvalue weighted by atomic mass is 9.79. The van der Waals surface area contributed by atoms with Crippen molar-refractivity contribution in [2.24, 2.45) is 5.92 Å². The van der Waals surface area contributed by atoms with Crippen molar-refractivity contribution in [2.75, 3.05) is 13.2 Å². The van der Waals surface area contributed by atoms with E-state index in [1.54, 1.807) is 18.2 Å². The lowest BCUT2D eigenvalue weighted by molar-refractivity contribution is 0.0734. The Morgan fingerprint density at radius 2 is 1.76 bits per heavy atom. The van der Waals surface area contributed by atoms with Crippen LogP contribution in [0.15, 0.2) is 42.5 Å². The molecule has 0 atom stereocenters. The van der Waals surface area contributed by atoms with Crippen molar-refractivity contribution in [3.05, 3.63) is 65.0 Å². The Morgan fingerprint density at radius 3 is 2.42 bits per heavy atom. The second-order valence-electron chi connectivity index (χ2n) is 8.97. The molecule has 176 valence electrons. The summed E-state index contributed by atoms with van der Waals surface area (Å²) in [4.78, 5) is 12.4. The van der Waals surface area contributed by atoms with Crippen LogP contribution in [-0.4, -0.2) is 19.2 Å². The van der Waals surface area contributed by atoms with Gasteiger partial charge in [-0.1, -0.05) is 44.7 Å². The minimum absolute atomic E-state index is 0.0807. The standard InChI is InChI=1S/C28H34FNO3/c1-2-3-4-5-6-17-32-20-21-7-9-22(10-8-21)23-11-13-24(14-12-23)28(31)33-26-16-15-25(19-30)27(29)18-26/h11-16,18,21-22H,2-10,17,20H2,1H3. The van der Waals surface area contributed by atoms with E-state index in [9.17, 15) is 9.18 Å². The van der Waals surface area contributed by atoms with Gasteiger partial charge in [-0.15, -0.1) is 0 Å². The van der Waals surface area contributed by atoms with Crippen molar-refractivity contribution in [3.63, 3.8) is 0 Å². The number of hydrogen-bond donors (Lipinski definition) is 0. The van der Waals surface area contributed by atoms with Crippen LogP contribution in [0.4, 0.5) is 4.39 Å². The Morgan fingerprint density at radius 1 is 1.03 bits per heavy atom. The highest BCUT2D eigenvalue weighted by Gasteiger charge is 2.23. The lowest BCUT2D eigenvalue weighted by Crippen LogP contribution is -2.18. The molecule has 5 heteroatoms. The summed E-state index contributed by atoms with van der Waals surface area (Å²) in [6.45, 7) is 4.00. The van der Waals surface area contributed by atoms with Gasteiger partial charge in [-0.25, -0.2) is 9.18 Å². The molecule has 1 fully saturated rings. The molecule has 2 aromatic carbocycles. The number of esters is 1. The summed E-state index contributed by atoms with van der Waals surface area (Å²) in [5.41, 5.74) is 1.58. The maximum atomic E-state index is 13.7. The van der Waals surface area contributed by atoms with E-state index in [0.717, 1.165) is 32.1 Å². The van der Waals surface area contributed by atoms with E-state index < -0.39 is 11.8 Å². The summed E-state index contributed by atoms with van der Waals surface area (Å²) in [6, 6.07) is 13.0. The van der Waals surface area contributed by atoms with E-state index in [-0.39, 0.29) is 11.3 Å². The summed E-state index contributed by atoms with van der Waals surface area (Å²) in [7, 11) is 0. The molecule has 0 heterocycles. The zero-order valence-corrected chi connectivity index (χ0v) is 19.5. The Labute approximate surface area is 196 Å². The average Bonchev–Trinajstić information content (AvgIpc) is 2.84. The number of ether oxygens (including phenoxy) is 2. The number of benzene rings is 2. The van der Waals surface area contributed by atoms with E-state index >= 15 is 0 Å². The fourth-order valence-corrected chi connectivity index (χ4v) is 4.43. The first kappa shape index (κ1) is 24.9. The fraction of sp³-hybridized carbons (Fsp3) is 0.500. The number of carbonyl (C=O) groups is 1. The predicted molar refractivity (Wildman–Crippen MR) is 127 cm³/mol. The van der Waals surface area contributed by atoms with Gasteiger partial charge >= 0.3 is 5.97 Å².